The Labute approximate surface area is 209 Å². The first-order chi connectivity index (χ1) is 17.4. The van der Waals surface area contributed by atoms with Crippen molar-refractivity contribution in [2.45, 2.75) is 11.4 Å². The summed E-state index contributed by atoms with van der Waals surface area (Å²) < 4.78 is 28.1. The summed E-state index contributed by atoms with van der Waals surface area (Å²) in [6.45, 7) is 2.00. The number of aromatic nitrogens is 1. The van der Waals surface area contributed by atoms with Gasteiger partial charge in [0.05, 0.1) is 9.82 Å². The SMILES string of the molecule is O=[N+]([O-])c1ccc(N2CCN(S(=O)(=O)c3ccc4ccccc4c3)CC2)cc1NCc1cccnc1. The molecule has 3 aromatic carbocycles. The van der Waals surface area contributed by atoms with E-state index in [9.17, 15) is 18.5 Å². The number of hydrogen-bond acceptors (Lipinski definition) is 7. The predicted octanol–water partition coefficient (Wildman–Crippen LogP) is 4.27. The van der Waals surface area contributed by atoms with Crippen LogP contribution in [0.1, 0.15) is 5.56 Å². The number of hydrogen-bond donors (Lipinski definition) is 1. The highest BCUT2D eigenvalue weighted by Crippen LogP contribution is 2.31. The van der Waals surface area contributed by atoms with Crippen LogP contribution in [0, 0.1) is 10.1 Å². The highest BCUT2D eigenvalue weighted by Gasteiger charge is 2.29. The van der Waals surface area contributed by atoms with Gasteiger partial charge < -0.3 is 10.2 Å². The van der Waals surface area contributed by atoms with Crippen LogP contribution in [-0.4, -0.2) is 48.8 Å². The second-order valence-electron chi connectivity index (χ2n) is 8.57. The fraction of sp³-hybridized carbons (Fsp3) is 0.192. The summed E-state index contributed by atoms with van der Waals surface area (Å²) >= 11 is 0. The molecule has 0 radical (unpaired) electrons. The second-order valence-corrected chi connectivity index (χ2v) is 10.5. The third-order valence-corrected chi connectivity index (χ3v) is 8.24. The van der Waals surface area contributed by atoms with Crippen molar-refractivity contribution in [1.29, 1.82) is 0 Å². The molecule has 1 N–H and O–H groups in total. The molecular weight excluding hydrogens is 478 g/mol. The summed E-state index contributed by atoms with van der Waals surface area (Å²) in [7, 11) is -3.63. The lowest BCUT2D eigenvalue weighted by atomic mass is 10.1. The Hall–Kier alpha value is -4.02. The molecule has 1 aromatic heterocycles. The van der Waals surface area contributed by atoms with Crippen LogP contribution < -0.4 is 10.2 Å². The first-order valence-electron chi connectivity index (χ1n) is 11.6. The van der Waals surface area contributed by atoms with E-state index in [-0.39, 0.29) is 10.6 Å². The van der Waals surface area contributed by atoms with Crippen molar-refractivity contribution in [2.24, 2.45) is 0 Å². The molecule has 0 unspecified atom stereocenters. The number of nitro benzene ring substituents is 1. The minimum absolute atomic E-state index is 0.0137. The van der Waals surface area contributed by atoms with Crippen molar-refractivity contribution in [3.05, 3.63) is 101 Å². The van der Waals surface area contributed by atoms with E-state index < -0.39 is 14.9 Å². The summed E-state index contributed by atoms with van der Waals surface area (Å²) in [6, 6.07) is 21.5. The van der Waals surface area contributed by atoms with E-state index in [1.807, 2.05) is 47.4 Å². The highest BCUT2D eigenvalue weighted by atomic mass is 32.2. The number of nitrogens with zero attached hydrogens (tertiary/aromatic N) is 4. The van der Waals surface area contributed by atoms with E-state index in [0.717, 1.165) is 22.0 Å². The topological polar surface area (TPSA) is 109 Å². The number of nitro groups is 1. The van der Waals surface area contributed by atoms with E-state index in [4.69, 9.17) is 0 Å². The van der Waals surface area contributed by atoms with Crippen LogP contribution in [0.15, 0.2) is 90.1 Å². The number of nitrogens with one attached hydrogen (secondary N) is 1. The number of benzene rings is 3. The Balaban J connectivity index is 1.30. The fourth-order valence-corrected chi connectivity index (χ4v) is 5.84. The standard InChI is InChI=1S/C26H25N5O4S/c32-31(33)26-10-8-23(17-25(26)28-19-20-4-3-11-27-18-20)29-12-14-30(15-13-29)36(34,35)24-9-7-21-5-1-2-6-22(21)16-24/h1-11,16-18,28H,12-15,19H2. The van der Waals surface area contributed by atoms with E-state index in [1.54, 1.807) is 36.7 Å². The van der Waals surface area contributed by atoms with Crippen LogP contribution in [-0.2, 0) is 16.6 Å². The van der Waals surface area contributed by atoms with Crippen molar-refractivity contribution in [3.8, 4) is 0 Å². The largest absolute Gasteiger partial charge is 0.375 e. The molecule has 1 aliphatic heterocycles. The van der Waals surface area contributed by atoms with Crippen molar-refractivity contribution in [3.63, 3.8) is 0 Å². The third kappa shape index (κ3) is 4.86. The van der Waals surface area contributed by atoms with E-state index in [1.165, 1.54) is 10.4 Å². The molecular formula is C26H25N5O4S. The molecule has 10 heteroatoms. The van der Waals surface area contributed by atoms with Gasteiger partial charge in [-0.25, -0.2) is 8.42 Å². The normalized spacial score (nSPS) is 14.6. The lowest BCUT2D eigenvalue weighted by Crippen LogP contribution is -2.48. The molecule has 36 heavy (non-hydrogen) atoms. The van der Waals surface area contributed by atoms with Crippen LogP contribution in [0.3, 0.4) is 0 Å². The van der Waals surface area contributed by atoms with Crippen LogP contribution >= 0.6 is 0 Å². The first kappa shape index (κ1) is 23.7. The van der Waals surface area contributed by atoms with Crippen LogP contribution in [0.4, 0.5) is 17.1 Å². The Morgan fingerprint density at radius 1 is 0.917 bits per heavy atom. The van der Waals surface area contributed by atoms with Crippen LogP contribution in [0.25, 0.3) is 10.8 Å². The van der Waals surface area contributed by atoms with Gasteiger partial charge in [0.15, 0.2) is 0 Å². The smallest absolute Gasteiger partial charge is 0.292 e. The minimum atomic E-state index is -3.63. The average molecular weight is 504 g/mol. The van der Waals surface area contributed by atoms with Crippen molar-refractivity contribution in [1.82, 2.24) is 9.29 Å². The summed E-state index contributed by atoms with van der Waals surface area (Å²) in [5.41, 5.74) is 2.11. The Morgan fingerprint density at radius 3 is 2.42 bits per heavy atom. The molecule has 1 fully saturated rings. The van der Waals surface area contributed by atoms with Gasteiger partial charge in [0.25, 0.3) is 5.69 Å². The molecule has 0 spiro atoms. The van der Waals surface area contributed by atoms with Gasteiger partial charge in [0.1, 0.15) is 5.69 Å². The fourth-order valence-electron chi connectivity index (χ4n) is 4.39. The lowest BCUT2D eigenvalue weighted by Gasteiger charge is -2.35. The number of piperazine rings is 1. The maximum atomic E-state index is 13.3. The number of pyridine rings is 1. The molecule has 0 atom stereocenters. The number of fused-ring (bicyclic) bond motifs is 1. The summed E-state index contributed by atoms with van der Waals surface area (Å²) in [6.07, 6.45) is 3.38. The van der Waals surface area contributed by atoms with Gasteiger partial charge in [0.2, 0.25) is 10.0 Å². The molecule has 9 nitrogen and oxygen atoms in total. The van der Waals surface area contributed by atoms with Crippen LogP contribution in [0.2, 0.25) is 0 Å². The molecule has 4 aromatic rings. The Morgan fingerprint density at radius 2 is 1.69 bits per heavy atom. The number of rotatable bonds is 7. The summed E-state index contributed by atoms with van der Waals surface area (Å²) in [5.74, 6) is 0. The van der Waals surface area contributed by atoms with Gasteiger partial charge in [-0.1, -0.05) is 36.4 Å². The molecule has 0 aliphatic carbocycles. The molecule has 0 bridgehead atoms. The molecule has 1 saturated heterocycles. The van der Waals surface area contributed by atoms with E-state index >= 15 is 0 Å². The maximum Gasteiger partial charge on any atom is 0.292 e. The summed E-state index contributed by atoms with van der Waals surface area (Å²) in [5, 5.41) is 16.6. The quantitative estimate of drug-likeness (QED) is 0.296. The molecule has 2 heterocycles. The lowest BCUT2D eigenvalue weighted by molar-refractivity contribution is -0.384. The zero-order valence-corrected chi connectivity index (χ0v) is 20.3. The zero-order chi connectivity index (χ0) is 25.1. The van der Waals surface area contributed by atoms with Gasteiger partial charge in [-0.15, -0.1) is 0 Å². The van der Waals surface area contributed by atoms with Gasteiger partial charge in [-0.2, -0.15) is 4.31 Å². The van der Waals surface area contributed by atoms with E-state index in [2.05, 4.69) is 10.3 Å². The van der Waals surface area contributed by atoms with Gasteiger partial charge in [0, 0.05) is 56.9 Å². The van der Waals surface area contributed by atoms with E-state index in [0.29, 0.717) is 38.4 Å². The number of sulfonamides is 1. The second kappa shape index (κ2) is 9.92. The van der Waals surface area contributed by atoms with Crippen molar-refractivity contribution < 1.29 is 13.3 Å². The van der Waals surface area contributed by atoms with Gasteiger partial charge in [-0.3, -0.25) is 15.1 Å². The Kier molecular flexibility index (Phi) is 6.53. The zero-order valence-electron chi connectivity index (χ0n) is 19.4. The Bertz CT molecular complexity index is 1500. The van der Waals surface area contributed by atoms with Crippen LogP contribution in [0.5, 0.6) is 0 Å². The molecule has 5 rings (SSSR count). The van der Waals surface area contributed by atoms with Gasteiger partial charge in [-0.05, 0) is 46.7 Å². The van der Waals surface area contributed by atoms with Crippen molar-refractivity contribution in [2.75, 3.05) is 36.4 Å². The highest BCUT2D eigenvalue weighted by molar-refractivity contribution is 7.89. The molecule has 0 saturated carbocycles. The van der Waals surface area contributed by atoms with Crippen molar-refractivity contribution >= 4 is 37.9 Å². The average Bonchev–Trinajstić information content (AvgIpc) is 2.92. The monoisotopic (exact) mass is 503 g/mol. The van der Waals surface area contributed by atoms with Gasteiger partial charge >= 0.3 is 0 Å². The minimum Gasteiger partial charge on any atom is -0.375 e. The summed E-state index contributed by atoms with van der Waals surface area (Å²) in [4.78, 5) is 17.5. The third-order valence-electron chi connectivity index (χ3n) is 6.35. The predicted molar refractivity (Wildman–Crippen MR) is 140 cm³/mol. The molecule has 184 valence electrons. The number of anilines is 2. The molecule has 1 aliphatic rings. The maximum absolute atomic E-state index is 13.3. The molecule has 0 amide bonds. The first-order valence-corrected chi connectivity index (χ1v) is 13.0.